The molecule has 0 amide bonds. The standard InChI is InChI=1S/C18H21N3/c1-14(16-8-4-3-5-9-16)12-19-13-17-15(2)20-18-10-6-7-11-21(17)18/h3-11,14,19H,12-13H2,1-2H3. The maximum atomic E-state index is 4.59. The van der Waals surface area contributed by atoms with Crippen LogP contribution in [-0.4, -0.2) is 15.9 Å². The average molecular weight is 279 g/mol. The van der Waals surface area contributed by atoms with Gasteiger partial charge in [-0.2, -0.15) is 0 Å². The summed E-state index contributed by atoms with van der Waals surface area (Å²) < 4.78 is 2.16. The van der Waals surface area contributed by atoms with Crippen molar-refractivity contribution in [2.24, 2.45) is 0 Å². The van der Waals surface area contributed by atoms with Crippen molar-refractivity contribution in [2.75, 3.05) is 6.54 Å². The van der Waals surface area contributed by atoms with E-state index in [1.165, 1.54) is 11.3 Å². The highest BCUT2D eigenvalue weighted by Gasteiger charge is 2.09. The van der Waals surface area contributed by atoms with Crippen LogP contribution in [0.1, 0.15) is 29.8 Å². The van der Waals surface area contributed by atoms with Crippen molar-refractivity contribution in [1.82, 2.24) is 14.7 Å². The van der Waals surface area contributed by atoms with Gasteiger partial charge < -0.3 is 9.72 Å². The largest absolute Gasteiger partial charge is 0.311 e. The Hall–Kier alpha value is -2.13. The van der Waals surface area contributed by atoms with Crippen molar-refractivity contribution in [2.45, 2.75) is 26.3 Å². The number of benzene rings is 1. The number of fused-ring (bicyclic) bond motifs is 1. The maximum Gasteiger partial charge on any atom is 0.137 e. The second-order valence-corrected chi connectivity index (χ2v) is 5.52. The number of nitrogens with one attached hydrogen (secondary N) is 1. The van der Waals surface area contributed by atoms with E-state index < -0.39 is 0 Å². The Morgan fingerprint density at radius 2 is 1.86 bits per heavy atom. The molecule has 0 saturated heterocycles. The Kier molecular flexibility index (Phi) is 4.02. The quantitative estimate of drug-likeness (QED) is 0.774. The lowest BCUT2D eigenvalue weighted by Gasteiger charge is -2.13. The second kappa shape index (κ2) is 6.10. The molecule has 0 aliphatic rings. The first-order valence-corrected chi connectivity index (χ1v) is 7.44. The highest BCUT2D eigenvalue weighted by Crippen LogP contribution is 2.15. The lowest BCUT2D eigenvalue weighted by molar-refractivity contribution is 0.605. The molecule has 3 rings (SSSR count). The van der Waals surface area contributed by atoms with E-state index in [0.717, 1.165) is 24.4 Å². The van der Waals surface area contributed by atoms with Gasteiger partial charge in [-0.25, -0.2) is 4.98 Å². The van der Waals surface area contributed by atoms with Gasteiger partial charge in [0.05, 0.1) is 11.4 Å². The zero-order valence-electron chi connectivity index (χ0n) is 12.6. The summed E-state index contributed by atoms with van der Waals surface area (Å²) in [6, 6.07) is 16.7. The fraction of sp³-hybridized carbons (Fsp3) is 0.278. The second-order valence-electron chi connectivity index (χ2n) is 5.52. The SMILES string of the molecule is Cc1nc2ccccn2c1CNCC(C)c1ccccc1. The van der Waals surface area contributed by atoms with Gasteiger partial charge in [0.15, 0.2) is 0 Å². The Bertz CT molecular complexity index is 716. The van der Waals surface area contributed by atoms with Crippen molar-refractivity contribution in [3.63, 3.8) is 0 Å². The van der Waals surface area contributed by atoms with E-state index in [2.05, 4.69) is 65.1 Å². The first-order valence-electron chi connectivity index (χ1n) is 7.44. The number of hydrogen-bond donors (Lipinski definition) is 1. The topological polar surface area (TPSA) is 29.3 Å². The van der Waals surface area contributed by atoms with E-state index in [1.807, 2.05) is 18.2 Å². The van der Waals surface area contributed by atoms with Gasteiger partial charge in [-0.1, -0.05) is 43.3 Å². The first kappa shape index (κ1) is 13.8. The van der Waals surface area contributed by atoms with Crippen LogP contribution >= 0.6 is 0 Å². The van der Waals surface area contributed by atoms with Crippen LogP contribution in [-0.2, 0) is 6.54 Å². The van der Waals surface area contributed by atoms with Gasteiger partial charge >= 0.3 is 0 Å². The summed E-state index contributed by atoms with van der Waals surface area (Å²) in [7, 11) is 0. The lowest BCUT2D eigenvalue weighted by atomic mass is 10.0. The van der Waals surface area contributed by atoms with Gasteiger partial charge in [0.2, 0.25) is 0 Å². The van der Waals surface area contributed by atoms with Crippen LogP contribution in [0.15, 0.2) is 54.7 Å². The molecule has 2 aromatic heterocycles. The number of pyridine rings is 1. The Labute approximate surface area is 125 Å². The molecule has 2 heterocycles. The molecule has 0 fully saturated rings. The minimum Gasteiger partial charge on any atom is -0.311 e. The van der Waals surface area contributed by atoms with Crippen LogP contribution in [0.25, 0.3) is 5.65 Å². The monoisotopic (exact) mass is 279 g/mol. The highest BCUT2D eigenvalue weighted by atomic mass is 15.0. The molecule has 3 nitrogen and oxygen atoms in total. The van der Waals surface area contributed by atoms with Crippen molar-refractivity contribution in [3.05, 3.63) is 71.7 Å². The summed E-state index contributed by atoms with van der Waals surface area (Å²) in [6.45, 7) is 6.13. The van der Waals surface area contributed by atoms with Gasteiger partial charge in [0.1, 0.15) is 5.65 Å². The molecule has 0 saturated carbocycles. The molecule has 0 aliphatic heterocycles. The Balaban J connectivity index is 1.66. The van der Waals surface area contributed by atoms with Crippen molar-refractivity contribution in [1.29, 1.82) is 0 Å². The number of imidazole rings is 1. The lowest BCUT2D eigenvalue weighted by Crippen LogP contribution is -2.20. The van der Waals surface area contributed by atoms with E-state index in [1.54, 1.807) is 0 Å². The zero-order valence-corrected chi connectivity index (χ0v) is 12.6. The third kappa shape index (κ3) is 2.98. The number of aromatic nitrogens is 2. The highest BCUT2D eigenvalue weighted by molar-refractivity contribution is 5.42. The first-order chi connectivity index (χ1) is 10.3. The molecule has 0 bridgehead atoms. The summed E-state index contributed by atoms with van der Waals surface area (Å²) in [5.41, 5.74) is 4.73. The maximum absolute atomic E-state index is 4.59. The van der Waals surface area contributed by atoms with Crippen LogP contribution < -0.4 is 5.32 Å². The molecule has 1 aromatic carbocycles. The fourth-order valence-electron chi connectivity index (χ4n) is 2.68. The molecular formula is C18H21N3. The van der Waals surface area contributed by atoms with Crippen molar-refractivity contribution in [3.8, 4) is 0 Å². The molecule has 0 spiro atoms. The van der Waals surface area contributed by atoms with Crippen LogP contribution in [0.2, 0.25) is 0 Å². The van der Waals surface area contributed by atoms with Gasteiger partial charge in [-0.05, 0) is 30.5 Å². The minimum absolute atomic E-state index is 0.505. The molecular weight excluding hydrogens is 258 g/mol. The van der Waals surface area contributed by atoms with Gasteiger partial charge in [-0.15, -0.1) is 0 Å². The molecule has 3 heteroatoms. The molecule has 0 aliphatic carbocycles. The van der Waals surface area contributed by atoms with E-state index in [0.29, 0.717) is 5.92 Å². The van der Waals surface area contributed by atoms with E-state index in [-0.39, 0.29) is 0 Å². The predicted octanol–water partition coefficient (Wildman–Crippen LogP) is 3.54. The number of hydrogen-bond acceptors (Lipinski definition) is 2. The molecule has 1 atom stereocenters. The molecule has 108 valence electrons. The van der Waals surface area contributed by atoms with Crippen LogP contribution in [0.4, 0.5) is 0 Å². The van der Waals surface area contributed by atoms with Crippen LogP contribution in [0, 0.1) is 6.92 Å². The predicted molar refractivity (Wildman–Crippen MR) is 86.5 cm³/mol. The van der Waals surface area contributed by atoms with E-state index >= 15 is 0 Å². The third-order valence-electron chi connectivity index (χ3n) is 3.94. The third-order valence-corrected chi connectivity index (χ3v) is 3.94. The number of aryl methyl sites for hydroxylation is 1. The average Bonchev–Trinajstić information content (AvgIpc) is 2.84. The Morgan fingerprint density at radius 3 is 2.67 bits per heavy atom. The number of rotatable bonds is 5. The van der Waals surface area contributed by atoms with Crippen LogP contribution in [0.3, 0.4) is 0 Å². The Morgan fingerprint density at radius 1 is 1.10 bits per heavy atom. The number of nitrogens with zero attached hydrogens (tertiary/aromatic N) is 2. The molecule has 1 unspecified atom stereocenters. The molecule has 0 radical (unpaired) electrons. The summed E-state index contributed by atoms with van der Waals surface area (Å²) in [6.07, 6.45) is 2.08. The molecule has 21 heavy (non-hydrogen) atoms. The smallest absolute Gasteiger partial charge is 0.137 e. The molecule has 1 N–H and O–H groups in total. The normalized spacial score (nSPS) is 12.7. The van der Waals surface area contributed by atoms with Gasteiger partial charge in [0.25, 0.3) is 0 Å². The van der Waals surface area contributed by atoms with Gasteiger partial charge in [0, 0.05) is 19.3 Å². The summed E-state index contributed by atoms with van der Waals surface area (Å²) >= 11 is 0. The van der Waals surface area contributed by atoms with Crippen molar-refractivity contribution < 1.29 is 0 Å². The minimum atomic E-state index is 0.505. The van der Waals surface area contributed by atoms with Crippen molar-refractivity contribution >= 4 is 5.65 Å². The zero-order chi connectivity index (χ0) is 14.7. The summed E-state index contributed by atoms with van der Waals surface area (Å²) in [5, 5.41) is 3.56. The van der Waals surface area contributed by atoms with E-state index in [4.69, 9.17) is 0 Å². The van der Waals surface area contributed by atoms with Crippen LogP contribution in [0.5, 0.6) is 0 Å². The molecule has 3 aromatic rings. The van der Waals surface area contributed by atoms with Gasteiger partial charge in [-0.3, -0.25) is 0 Å². The van der Waals surface area contributed by atoms with E-state index in [9.17, 15) is 0 Å². The summed E-state index contributed by atoms with van der Waals surface area (Å²) in [4.78, 5) is 4.59. The summed E-state index contributed by atoms with van der Waals surface area (Å²) in [5.74, 6) is 0.505. The fourth-order valence-corrected chi connectivity index (χ4v) is 2.68.